The van der Waals surface area contributed by atoms with Crippen molar-refractivity contribution in [3.05, 3.63) is 0 Å². The number of piperidine rings is 1. The molecule has 3 heteroatoms. The van der Waals surface area contributed by atoms with Gasteiger partial charge < -0.3 is 10.2 Å². The van der Waals surface area contributed by atoms with Gasteiger partial charge in [0.15, 0.2) is 0 Å². The molecule has 2 fully saturated rings. The zero-order valence-corrected chi connectivity index (χ0v) is 11.1. The molecule has 1 saturated carbocycles. The molecule has 0 aromatic heterocycles. The van der Waals surface area contributed by atoms with E-state index in [0.717, 1.165) is 31.6 Å². The van der Waals surface area contributed by atoms with Gasteiger partial charge in [-0.15, -0.1) is 0 Å². The second-order valence-corrected chi connectivity index (χ2v) is 5.59. The third-order valence-electron chi connectivity index (χ3n) is 4.01. The summed E-state index contributed by atoms with van der Waals surface area (Å²) in [5.74, 6) is 1.22. The average Bonchev–Trinajstić information content (AvgIpc) is 3.14. The maximum atomic E-state index is 12.0. The number of amides is 1. The zero-order valence-electron chi connectivity index (χ0n) is 11.1. The van der Waals surface area contributed by atoms with Crippen molar-refractivity contribution in [1.82, 2.24) is 10.2 Å². The lowest BCUT2D eigenvalue weighted by Gasteiger charge is -2.32. The summed E-state index contributed by atoms with van der Waals surface area (Å²) in [6.07, 6.45) is 8.35. The summed E-state index contributed by atoms with van der Waals surface area (Å²) in [7, 11) is 0. The van der Waals surface area contributed by atoms with E-state index in [1.165, 1.54) is 38.5 Å². The fourth-order valence-electron chi connectivity index (χ4n) is 2.71. The van der Waals surface area contributed by atoms with Crippen molar-refractivity contribution in [3.63, 3.8) is 0 Å². The fourth-order valence-corrected chi connectivity index (χ4v) is 2.71. The van der Waals surface area contributed by atoms with Gasteiger partial charge in [0, 0.05) is 32.1 Å². The molecule has 1 saturated heterocycles. The molecule has 0 atom stereocenters. The Kier molecular flexibility index (Phi) is 4.84. The lowest BCUT2D eigenvalue weighted by Crippen LogP contribution is -2.39. The van der Waals surface area contributed by atoms with Crippen LogP contribution in [0.15, 0.2) is 0 Å². The molecule has 0 bridgehead atoms. The molecule has 1 N–H and O–H groups in total. The summed E-state index contributed by atoms with van der Waals surface area (Å²) < 4.78 is 0. The van der Waals surface area contributed by atoms with E-state index in [1.807, 2.05) is 0 Å². The molecule has 3 nitrogen and oxygen atoms in total. The number of nitrogens with zero attached hydrogens (tertiary/aromatic N) is 1. The number of nitrogens with one attached hydrogen (secondary N) is 1. The molecule has 0 radical (unpaired) electrons. The smallest absolute Gasteiger partial charge is 0.223 e. The third-order valence-corrected chi connectivity index (χ3v) is 4.01. The first-order chi connectivity index (χ1) is 8.29. The lowest BCUT2D eigenvalue weighted by molar-refractivity contribution is -0.132. The third kappa shape index (κ3) is 4.30. The maximum Gasteiger partial charge on any atom is 0.223 e. The molecular weight excluding hydrogens is 212 g/mol. The first-order valence-electron chi connectivity index (χ1n) is 7.30. The highest BCUT2D eigenvalue weighted by atomic mass is 16.2. The van der Waals surface area contributed by atoms with Crippen LogP contribution in [0.1, 0.15) is 51.9 Å². The quantitative estimate of drug-likeness (QED) is 0.769. The van der Waals surface area contributed by atoms with Crippen LogP contribution in [-0.2, 0) is 4.79 Å². The van der Waals surface area contributed by atoms with E-state index in [9.17, 15) is 4.79 Å². The van der Waals surface area contributed by atoms with Gasteiger partial charge in [-0.3, -0.25) is 4.79 Å². The Labute approximate surface area is 105 Å². The number of rotatable bonds is 6. The highest BCUT2D eigenvalue weighted by molar-refractivity contribution is 5.76. The van der Waals surface area contributed by atoms with Crippen LogP contribution in [0.3, 0.4) is 0 Å². The van der Waals surface area contributed by atoms with Crippen molar-refractivity contribution in [3.8, 4) is 0 Å². The van der Waals surface area contributed by atoms with Crippen molar-refractivity contribution in [2.75, 3.05) is 19.6 Å². The number of likely N-dealkylation sites (tertiary alicyclic amines) is 1. The molecule has 17 heavy (non-hydrogen) atoms. The molecule has 1 amide bonds. The number of hydrogen-bond donors (Lipinski definition) is 1. The van der Waals surface area contributed by atoms with Crippen molar-refractivity contribution in [1.29, 1.82) is 0 Å². The monoisotopic (exact) mass is 238 g/mol. The van der Waals surface area contributed by atoms with Gasteiger partial charge in [0.2, 0.25) is 5.91 Å². The number of carbonyl (C=O) groups excluding carboxylic acids is 1. The van der Waals surface area contributed by atoms with E-state index in [1.54, 1.807) is 0 Å². The zero-order chi connectivity index (χ0) is 12.1. The van der Waals surface area contributed by atoms with Crippen molar-refractivity contribution < 1.29 is 4.79 Å². The molecule has 0 unspecified atom stereocenters. The van der Waals surface area contributed by atoms with Crippen LogP contribution in [-0.4, -0.2) is 36.5 Å². The van der Waals surface area contributed by atoms with Crippen LogP contribution in [0.2, 0.25) is 0 Å². The van der Waals surface area contributed by atoms with Crippen LogP contribution in [0, 0.1) is 5.92 Å². The summed E-state index contributed by atoms with van der Waals surface area (Å²) >= 11 is 0. The molecule has 0 aromatic rings. The molecule has 1 aliphatic carbocycles. The summed E-state index contributed by atoms with van der Waals surface area (Å²) in [6.45, 7) is 5.11. The minimum absolute atomic E-state index is 0.355. The van der Waals surface area contributed by atoms with Gasteiger partial charge in [-0.2, -0.15) is 0 Å². The van der Waals surface area contributed by atoms with Gasteiger partial charge >= 0.3 is 0 Å². The fraction of sp³-hybridized carbons (Fsp3) is 0.929. The Morgan fingerprint density at radius 1 is 1.24 bits per heavy atom. The van der Waals surface area contributed by atoms with Gasteiger partial charge in [-0.1, -0.05) is 19.8 Å². The largest absolute Gasteiger partial charge is 0.343 e. The van der Waals surface area contributed by atoms with E-state index in [0.29, 0.717) is 12.3 Å². The van der Waals surface area contributed by atoms with Gasteiger partial charge in [-0.05, 0) is 31.6 Å². The minimum atomic E-state index is 0.355. The maximum absolute atomic E-state index is 12.0. The molecule has 2 rings (SSSR count). The summed E-state index contributed by atoms with van der Waals surface area (Å²) in [4.78, 5) is 14.0. The van der Waals surface area contributed by atoms with E-state index in [4.69, 9.17) is 0 Å². The predicted octanol–water partition coefficient (Wildman–Crippen LogP) is 2.17. The van der Waals surface area contributed by atoms with Crippen molar-refractivity contribution in [2.45, 2.75) is 57.9 Å². The lowest BCUT2D eigenvalue weighted by atomic mass is 9.92. The van der Waals surface area contributed by atoms with Crippen LogP contribution in [0.5, 0.6) is 0 Å². The Hall–Kier alpha value is -0.570. The second-order valence-electron chi connectivity index (χ2n) is 5.59. The molecule has 98 valence electrons. The van der Waals surface area contributed by atoms with Gasteiger partial charge in [0.1, 0.15) is 0 Å². The standard InChI is InChI=1S/C14H26N2O/c1-2-3-12-7-10-16(11-8-12)14(17)6-9-15-13-4-5-13/h12-13,15H,2-11H2,1H3. The summed E-state index contributed by atoms with van der Waals surface area (Å²) in [5.41, 5.74) is 0. The number of carbonyl (C=O) groups is 1. The highest BCUT2D eigenvalue weighted by Gasteiger charge is 2.23. The second kappa shape index (κ2) is 6.39. The Morgan fingerprint density at radius 2 is 1.94 bits per heavy atom. The molecule has 1 aliphatic heterocycles. The average molecular weight is 238 g/mol. The van der Waals surface area contributed by atoms with Crippen LogP contribution in [0.25, 0.3) is 0 Å². The van der Waals surface area contributed by atoms with Crippen LogP contribution < -0.4 is 5.32 Å². The van der Waals surface area contributed by atoms with E-state index < -0.39 is 0 Å². The highest BCUT2D eigenvalue weighted by Crippen LogP contribution is 2.22. The van der Waals surface area contributed by atoms with E-state index >= 15 is 0 Å². The molecule has 2 aliphatic rings. The first kappa shape index (κ1) is 12.9. The molecule has 1 heterocycles. The normalized spacial score (nSPS) is 21.8. The Morgan fingerprint density at radius 3 is 2.53 bits per heavy atom. The Bertz CT molecular complexity index is 243. The van der Waals surface area contributed by atoms with E-state index in [-0.39, 0.29) is 0 Å². The molecular formula is C14H26N2O. The van der Waals surface area contributed by atoms with Crippen LogP contribution in [0.4, 0.5) is 0 Å². The minimum Gasteiger partial charge on any atom is -0.343 e. The molecule has 0 aromatic carbocycles. The van der Waals surface area contributed by atoms with Crippen LogP contribution >= 0.6 is 0 Å². The van der Waals surface area contributed by atoms with Crippen molar-refractivity contribution >= 4 is 5.91 Å². The topological polar surface area (TPSA) is 32.3 Å². The summed E-state index contributed by atoms with van der Waals surface area (Å²) in [5, 5.41) is 3.41. The SMILES string of the molecule is CCCC1CCN(C(=O)CCNC2CC2)CC1. The van der Waals surface area contributed by atoms with E-state index in [2.05, 4.69) is 17.1 Å². The summed E-state index contributed by atoms with van der Waals surface area (Å²) in [6, 6.07) is 0.720. The number of hydrogen-bond acceptors (Lipinski definition) is 2. The van der Waals surface area contributed by atoms with Gasteiger partial charge in [0.05, 0.1) is 0 Å². The predicted molar refractivity (Wildman–Crippen MR) is 69.9 cm³/mol. The molecule has 0 spiro atoms. The van der Waals surface area contributed by atoms with Gasteiger partial charge in [-0.25, -0.2) is 0 Å². The van der Waals surface area contributed by atoms with Gasteiger partial charge in [0.25, 0.3) is 0 Å². The first-order valence-corrected chi connectivity index (χ1v) is 7.30. The van der Waals surface area contributed by atoms with Crippen molar-refractivity contribution in [2.24, 2.45) is 5.92 Å². The Balaban J connectivity index is 1.59.